The van der Waals surface area contributed by atoms with Crippen LogP contribution in [0.1, 0.15) is 74.5 Å². The highest BCUT2D eigenvalue weighted by molar-refractivity contribution is 7.18. The Bertz CT molecular complexity index is 1700. The van der Waals surface area contributed by atoms with E-state index in [0.29, 0.717) is 25.8 Å². The van der Waals surface area contributed by atoms with Crippen molar-refractivity contribution in [3.63, 3.8) is 0 Å². The number of nitrogens with one attached hydrogen (secondary N) is 1. The molecule has 5 heterocycles. The number of benzene rings is 2. The largest absolute Gasteiger partial charge is 0.338 e. The molecule has 1 atom stereocenters. The molecule has 45 heavy (non-hydrogen) atoms. The minimum absolute atomic E-state index is 0.0851. The Kier molecular flexibility index (Phi) is 7.83. The molecular weight excluding hydrogens is 612 g/mol. The summed E-state index contributed by atoms with van der Waals surface area (Å²) in [7, 11) is 0. The molecule has 0 bridgehead atoms. The van der Waals surface area contributed by atoms with Crippen molar-refractivity contribution in [2.75, 3.05) is 26.2 Å². The van der Waals surface area contributed by atoms with Crippen LogP contribution in [0.15, 0.2) is 54.6 Å². The summed E-state index contributed by atoms with van der Waals surface area (Å²) in [6.07, 6.45) is 4.51. The summed E-state index contributed by atoms with van der Waals surface area (Å²) in [6, 6.07) is 15.9. The SMILES string of the molecule is O=C1CCC(N2C(=O)c3cccc(-c4ccc(CN5CCC6(CC5)CCN(C(=O)c5ccc(Cl)s5)CC6)cc4)c3C2=O)C(=O)N1. The fraction of sp³-hybridized carbons (Fsp3) is 0.382. The lowest BCUT2D eigenvalue weighted by molar-refractivity contribution is -0.136. The number of rotatable bonds is 5. The molecule has 0 saturated carbocycles. The zero-order valence-electron chi connectivity index (χ0n) is 24.7. The van der Waals surface area contributed by atoms with Gasteiger partial charge in [0.2, 0.25) is 11.8 Å². The Morgan fingerprint density at radius 2 is 1.56 bits per heavy atom. The predicted octanol–water partition coefficient (Wildman–Crippen LogP) is 4.99. The lowest BCUT2D eigenvalue weighted by Crippen LogP contribution is -2.54. The van der Waals surface area contributed by atoms with Gasteiger partial charge in [-0.2, -0.15) is 0 Å². The number of nitrogens with zero attached hydrogens (tertiary/aromatic N) is 3. The Morgan fingerprint density at radius 3 is 2.22 bits per heavy atom. The van der Waals surface area contributed by atoms with Gasteiger partial charge >= 0.3 is 0 Å². The molecule has 2 aromatic carbocycles. The van der Waals surface area contributed by atoms with Crippen LogP contribution in [0.5, 0.6) is 0 Å². The molecule has 11 heteroatoms. The van der Waals surface area contributed by atoms with Gasteiger partial charge < -0.3 is 4.90 Å². The van der Waals surface area contributed by atoms with Crippen molar-refractivity contribution in [2.24, 2.45) is 5.41 Å². The van der Waals surface area contributed by atoms with E-state index in [9.17, 15) is 24.0 Å². The van der Waals surface area contributed by atoms with Gasteiger partial charge in [-0.15, -0.1) is 11.3 Å². The minimum Gasteiger partial charge on any atom is -0.338 e. The average Bonchev–Trinajstić information content (AvgIpc) is 3.59. The second-order valence-corrected chi connectivity index (χ2v) is 14.3. The van der Waals surface area contributed by atoms with Crippen molar-refractivity contribution >= 4 is 52.5 Å². The molecule has 0 aliphatic carbocycles. The molecule has 1 aromatic heterocycles. The molecule has 4 aliphatic heterocycles. The van der Waals surface area contributed by atoms with Gasteiger partial charge in [0, 0.05) is 26.1 Å². The van der Waals surface area contributed by atoms with E-state index in [1.807, 2.05) is 29.2 Å². The summed E-state index contributed by atoms with van der Waals surface area (Å²) in [5, 5.41) is 2.24. The van der Waals surface area contributed by atoms with Crippen LogP contribution in [0.3, 0.4) is 0 Å². The van der Waals surface area contributed by atoms with Crippen molar-refractivity contribution in [3.05, 3.63) is 80.5 Å². The summed E-state index contributed by atoms with van der Waals surface area (Å²) in [4.78, 5) is 69.8. The summed E-state index contributed by atoms with van der Waals surface area (Å²) < 4.78 is 0.641. The molecule has 5 amide bonds. The summed E-state index contributed by atoms with van der Waals surface area (Å²) in [5.74, 6) is -1.93. The maximum absolute atomic E-state index is 13.5. The summed E-state index contributed by atoms with van der Waals surface area (Å²) in [6.45, 7) is 4.43. The highest BCUT2D eigenvalue weighted by atomic mass is 35.5. The van der Waals surface area contributed by atoms with Gasteiger partial charge in [-0.3, -0.25) is 39.1 Å². The highest BCUT2D eigenvalue weighted by Crippen LogP contribution is 2.42. The molecule has 3 fully saturated rings. The van der Waals surface area contributed by atoms with Crippen molar-refractivity contribution in [1.29, 1.82) is 0 Å². The zero-order valence-corrected chi connectivity index (χ0v) is 26.3. The monoisotopic (exact) mass is 644 g/mol. The van der Waals surface area contributed by atoms with Crippen molar-refractivity contribution in [1.82, 2.24) is 20.0 Å². The number of halogens is 1. The molecule has 1 spiro atoms. The number of likely N-dealkylation sites (tertiary alicyclic amines) is 2. The molecule has 1 N–H and O–H groups in total. The van der Waals surface area contributed by atoms with E-state index in [4.69, 9.17) is 11.6 Å². The molecule has 7 rings (SSSR count). The zero-order chi connectivity index (χ0) is 31.3. The first kappa shape index (κ1) is 29.8. The van der Waals surface area contributed by atoms with Crippen molar-refractivity contribution in [2.45, 2.75) is 51.1 Å². The lowest BCUT2D eigenvalue weighted by Gasteiger charge is -2.47. The van der Waals surface area contributed by atoms with Crippen molar-refractivity contribution < 1.29 is 24.0 Å². The number of piperidine rings is 3. The van der Waals surface area contributed by atoms with E-state index < -0.39 is 29.7 Å². The second kappa shape index (κ2) is 11.8. The summed E-state index contributed by atoms with van der Waals surface area (Å²) in [5.41, 5.74) is 3.52. The van der Waals surface area contributed by atoms with Crippen LogP contribution >= 0.6 is 22.9 Å². The number of thiophene rings is 1. The topological polar surface area (TPSA) is 107 Å². The van der Waals surface area contributed by atoms with Gasteiger partial charge in [-0.25, -0.2) is 0 Å². The predicted molar refractivity (Wildman–Crippen MR) is 170 cm³/mol. The molecule has 0 radical (unpaired) electrons. The van der Waals surface area contributed by atoms with Gasteiger partial charge in [0.1, 0.15) is 6.04 Å². The third-order valence-electron chi connectivity index (χ3n) is 9.95. The smallest absolute Gasteiger partial charge is 0.263 e. The number of carbonyl (C=O) groups is 5. The maximum Gasteiger partial charge on any atom is 0.263 e. The first-order valence-electron chi connectivity index (χ1n) is 15.4. The van der Waals surface area contributed by atoms with E-state index in [0.717, 1.165) is 68.9 Å². The Labute approximate surface area is 270 Å². The lowest BCUT2D eigenvalue weighted by atomic mass is 9.71. The quantitative estimate of drug-likeness (QED) is 0.393. The first-order valence-corrected chi connectivity index (χ1v) is 16.6. The molecule has 3 saturated heterocycles. The maximum atomic E-state index is 13.5. The number of fused-ring (bicyclic) bond motifs is 1. The van der Waals surface area contributed by atoms with E-state index >= 15 is 0 Å². The van der Waals surface area contributed by atoms with Crippen LogP contribution < -0.4 is 5.32 Å². The van der Waals surface area contributed by atoms with Crippen LogP contribution in [0.2, 0.25) is 4.34 Å². The Hall–Kier alpha value is -3.86. The van der Waals surface area contributed by atoms with Gasteiger partial charge in [0.05, 0.1) is 20.3 Å². The summed E-state index contributed by atoms with van der Waals surface area (Å²) >= 11 is 7.38. The molecular formula is C34H33ClN4O5S. The van der Waals surface area contributed by atoms with Crippen LogP contribution in [-0.4, -0.2) is 76.5 Å². The van der Waals surface area contributed by atoms with Crippen LogP contribution in [0, 0.1) is 5.41 Å². The Balaban J connectivity index is 0.971. The van der Waals surface area contributed by atoms with Crippen molar-refractivity contribution in [3.8, 4) is 11.1 Å². The van der Waals surface area contributed by atoms with E-state index in [-0.39, 0.29) is 24.3 Å². The molecule has 3 aromatic rings. The standard InChI is InChI=1S/C34H33ClN4O5S/c35-27-10-9-26(45-27)32(43)38-18-14-34(15-19-38)12-16-37(17-13-34)20-21-4-6-22(7-5-21)23-2-1-3-24-29(23)33(44)39(31(24)42)25-8-11-28(40)36-30(25)41/h1-7,9-10,25H,8,11-20H2,(H,36,40,41). The first-order chi connectivity index (χ1) is 21.7. The normalized spacial score (nSPS) is 21.8. The van der Waals surface area contributed by atoms with E-state index in [1.54, 1.807) is 18.2 Å². The number of amides is 5. The average molecular weight is 645 g/mol. The van der Waals surface area contributed by atoms with Crippen LogP contribution in [0.4, 0.5) is 0 Å². The van der Waals surface area contributed by atoms with E-state index in [2.05, 4.69) is 22.3 Å². The third kappa shape index (κ3) is 5.60. The minimum atomic E-state index is -0.991. The molecule has 9 nitrogen and oxygen atoms in total. The van der Waals surface area contributed by atoms with Crippen LogP contribution in [-0.2, 0) is 16.1 Å². The molecule has 4 aliphatic rings. The number of imide groups is 2. The fourth-order valence-electron chi connectivity index (χ4n) is 7.26. The van der Waals surface area contributed by atoms with Gasteiger partial charge in [0.15, 0.2) is 0 Å². The fourth-order valence-corrected chi connectivity index (χ4v) is 8.27. The highest BCUT2D eigenvalue weighted by Gasteiger charge is 2.45. The number of hydrogen-bond acceptors (Lipinski definition) is 7. The Morgan fingerprint density at radius 1 is 0.867 bits per heavy atom. The van der Waals surface area contributed by atoms with Gasteiger partial charge in [-0.1, -0.05) is 48.0 Å². The molecule has 232 valence electrons. The van der Waals surface area contributed by atoms with Crippen LogP contribution in [0.25, 0.3) is 11.1 Å². The van der Waals surface area contributed by atoms with Gasteiger partial charge in [-0.05, 0) is 85.5 Å². The second-order valence-electron chi connectivity index (χ2n) is 12.5. The van der Waals surface area contributed by atoms with E-state index in [1.165, 1.54) is 16.9 Å². The molecule has 1 unspecified atom stereocenters. The van der Waals surface area contributed by atoms with Gasteiger partial charge in [0.25, 0.3) is 17.7 Å². The number of hydrogen-bond donors (Lipinski definition) is 1. The third-order valence-corrected chi connectivity index (χ3v) is 11.2. The number of carbonyl (C=O) groups excluding carboxylic acids is 5.